The van der Waals surface area contributed by atoms with Gasteiger partial charge in [-0.1, -0.05) is 297 Å². The van der Waals surface area contributed by atoms with Gasteiger partial charge in [0.05, 0.1) is 16.5 Å². The van der Waals surface area contributed by atoms with E-state index in [4.69, 9.17) is 0 Å². The smallest absolute Gasteiger partial charge is 0.0714 e. The van der Waals surface area contributed by atoms with Gasteiger partial charge in [0.1, 0.15) is 0 Å². The molecular weight excluding hydrogens is 1040 g/mol. The van der Waals surface area contributed by atoms with Crippen molar-refractivity contribution in [2.45, 2.75) is 30.1 Å². The zero-order chi connectivity index (χ0) is 54.3. The number of hydrogen-bond acceptors (Lipinski definition) is 1. The summed E-state index contributed by atoms with van der Waals surface area (Å²) in [6, 6.07) is 112. The van der Waals surface area contributed by atoms with E-state index in [9.17, 15) is 0 Å². The Morgan fingerprint density at radius 1 is 0.272 bits per heavy atom. The summed E-state index contributed by atoms with van der Waals surface area (Å²) in [7, 11) is 0. The molecule has 3 aliphatic carbocycles. The number of para-hydroxylation sites is 1. The summed E-state index contributed by atoms with van der Waals surface area (Å²) in [4.78, 5) is 2.49. The minimum Gasteiger partial charge on any atom is -0.310 e. The van der Waals surface area contributed by atoms with Crippen LogP contribution in [0.15, 0.2) is 308 Å². The molecule has 0 atom stereocenters. The first-order valence-corrected chi connectivity index (χ1v) is 29.0. The van der Waals surface area contributed by atoms with Crippen LogP contribution in [0.25, 0.3) is 54.9 Å². The van der Waals surface area contributed by atoms with Crippen LogP contribution in [-0.2, 0) is 16.2 Å². The van der Waals surface area contributed by atoms with Crippen molar-refractivity contribution in [1.29, 1.82) is 0 Å². The Bertz CT molecular complexity index is 4470. The number of benzene rings is 13. The van der Waals surface area contributed by atoms with Gasteiger partial charge in [-0.15, -0.1) is 0 Å². The fourth-order valence-corrected chi connectivity index (χ4v) is 15.1. The summed E-state index contributed by atoms with van der Waals surface area (Å²) in [5.74, 6) is 0. The summed E-state index contributed by atoms with van der Waals surface area (Å²) in [6.07, 6.45) is 0. The molecule has 0 heterocycles. The zero-order valence-corrected chi connectivity index (χ0v) is 46.8. The Morgan fingerprint density at radius 3 is 1.15 bits per heavy atom. The summed E-state index contributed by atoms with van der Waals surface area (Å²) >= 11 is 3.89. The molecule has 0 spiro atoms. The minimum absolute atomic E-state index is 0.109. The largest absolute Gasteiger partial charge is 0.310 e. The molecule has 0 saturated heterocycles. The van der Waals surface area contributed by atoms with E-state index < -0.39 is 5.41 Å². The maximum absolute atomic E-state index is 3.89. The van der Waals surface area contributed by atoms with Gasteiger partial charge in [0, 0.05) is 26.6 Å². The van der Waals surface area contributed by atoms with Gasteiger partial charge in [0.25, 0.3) is 0 Å². The Labute approximate surface area is 483 Å². The number of nitrogens with zero attached hydrogens (tertiary/aromatic N) is 1. The molecule has 13 aromatic rings. The van der Waals surface area contributed by atoms with E-state index >= 15 is 0 Å². The summed E-state index contributed by atoms with van der Waals surface area (Å²) in [6.45, 7) is 4.73. The standard InChI is InChI=1S/C50H37N.C29H19Br/c1-49(2)43-28-16-14-24-38(43)39-31-30-37(32-45(39)49)51(36-22-10-5-11-23-36)47-33-46-48(41-26-13-12-25-40(41)47)42-27-15-17-29-44(42)50(46,34-18-6-3-7-19-34)35-20-8-4-9-21-35;30-27-19-26-28(23-16-8-7-15-22(23)27)24-17-9-10-18-25(24)29(26,20-11-3-1-4-12-20)21-13-5-2-6-14-21/h3-33H,1-2H3;1-19H. The van der Waals surface area contributed by atoms with Gasteiger partial charge in [0.2, 0.25) is 0 Å². The van der Waals surface area contributed by atoms with Crippen molar-refractivity contribution < 1.29 is 0 Å². The molecule has 0 aliphatic heterocycles. The highest BCUT2D eigenvalue weighted by Gasteiger charge is 2.49. The molecule has 0 unspecified atom stereocenters. The van der Waals surface area contributed by atoms with Crippen molar-refractivity contribution in [3.05, 3.63) is 363 Å². The zero-order valence-electron chi connectivity index (χ0n) is 45.2. The third-order valence-corrected chi connectivity index (χ3v) is 18.6. The lowest BCUT2D eigenvalue weighted by molar-refractivity contribution is 0.660. The van der Waals surface area contributed by atoms with E-state index in [0.29, 0.717) is 0 Å². The third-order valence-electron chi connectivity index (χ3n) is 17.9. The van der Waals surface area contributed by atoms with Crippen molar-refractivity contribution in [3.63, 3.8) is 0 Å². The first-order chi connectivity index (χ1) is 39.9. The first kappa shape index (κ1) is 48.8. The molecule has 2 heteroatoms. The summed E-state index contributed by atoms with van der Waals surface area (Å²) in [5.41, 5.74) is 23.7. The molecular formula is C79H56BrN. The molecule has 0 N–H and O–H groups in total. The van der Waals surface area contributed by atoms with Crippen molar-refractivity contribution >= 4 is 54.5 Å². The highest BCUT2D eigenvalue weighted by molar-refractivity contribution is 9.10. The van der Waals surface area contributed by atoms with Crippen LogP contribution in [0, 0.1) is 0 Å². The van der Waals surface area contributed by atoms with E-state index in [1.54, 1.807) is 0 Å². The van der Waals surface area contributed by atoms with Gasteiger partial charge >= 0.3 is 0 Å². The molecule has 0 aromatic heterocycles. The SMILES string of the molecule is Brc1cc2c(c3ccccc13)-c1ccccc1C2(c1ccccc1)c1ccccc1.CC1(C)c2ccccc2-c2ccc(N(c3ccccc3)c3cc4c(c5ccccc35)-c3ccccc3C4(c3ccccc3)c3ccccc3)cc21. The first-order valence-electron chi connectivity index (χ1n) is 28.2. The molecule has 3 aliphatic rings. The Hall–Kier alpha value is -9.34. The van der Waals surface area contributed by atoms with E-state index in [1.807, 2.05) is 0 Å². The maximum Gasteiger partial charge on any atom is 0.0714 e. The highest BCUT2D eigenvalue weighted by atomic mass is 79.9. The van der Waals surface area contributed by atoms with E-state index in [0.717, 1.165) is 15.8 Å². The Morgan fingerprint density at radius 2 is 0.642 bits per heavy atom. The molecule has 384 valence electrons. The van der Waals surface area contributed by atoms with E-state index in [-0.39, 0.29) is 10.8 Å². The molecule has 1 nitrogen and oxygen atoms in total. The van der Waals surface area contributed by atoms with Crippen molar-refractivity contribution in [3.8, 4) is 33.4 Å². The maximum atomic E-state index is 3.89. The number of rotatable bonds is 7. The number of hydrogen-bond donors (Lipinski definition) is 0. The van der Waals surface area contributed by atoms with E-state index in [1.165, 1.54) is 116 Å². The lowest BCUT2D eigenvalue weighted by Gasteiger charge is -2.35. The average molecular weight is 1100 g/mol. The second-order valence-corrected chi connectivity index (χ2v) is 23.2. The fourth-order valence-electron chi connectivity index (χ4n) is 14.6. The second kappa shape index (κ2) is 19.2. The van der Waals surface area contributed by atoms with Crippen LogP contribution in [0.2, 0.25) is 0 Å². The topological polar surface area (TPSA) is 3.24 Å². The van der Waals surface area contributed by atoms with Gasteiger partial charge < -0.3 is 4.90 Å². The lowest BCUT2D eigenvalue weighted by Crippen LogP contribution is -2.28. The fraction of sp³-hybridized carbons (Fsp3) is 0.0633. The van der Waals surface area contributed by atoms with Gasteiger partial charge in [-0.25, -0.2) is 0 Å². The van der Waals surface area contributed by atoms with Gasteiger partial charge in [-0.05, 0) is 142 Å². The average Bonchev–Trinajstić information content (AvgIpc) is 4.29. The van der Waals surface area contributed by atoms with Crippen LogP contribution in [0.3, 0.4) is 0 Å². The van der Waals surface area contributed by atoms with Gasteiger partial charge in [-0.3, -0.25) is 0 Å². The van der Waals surface area contributed by atoms with Crippen LogP contribution < -0.4 is 4.90 Å². The summed E-state index contributed by atoms with van der Waals surface area (Å²) < 4.78 is 1.14. The lowest BCUT2D eigenvalue weighted by atomic mass is 9.67. The third kappa shape index (κ3) is 7.23. The van der Waals surface area contributed by atoms with Crippen molar-refractivity contribution in [2.75, 3.05) is 4.90 Å². The normalized spacial score (nSPS) is 14.2. The van der Waals surface area contributed by atoms with Crippen LogP contribution in [0.1, 0.15) is 69.5 Å². The second-order valence-electron chi connectivity index (χ2n) is 22.3. The molecule has 13 aromatic carbocycles. The quantitative estimate of drug-likeness (QED) is 0.154. The number of fused-ring (bicyclic) bond motifs is 13. The predicted molar refractivity (Wildman–Crippen MR) is 342 cm³/mol. The van der Waals surface area contributed by atoms with Gasteiger partial charge in [-0.2, -0.15) is 0 Å². The van der Waals surface area contributed by atoms with Crippen LogP contribution in [-0.4, -0.2) is 0 Å². The van der Waals surface area contributed by atoms with Crippen molar-refractivity contribution in [2.24, 2.45) is 0 Å². The number of anilines is 3. The molecule has 16 rings (SSSR count). The molecule has 0 amide bonds. The van der Waals surface area contributed by atoms with Gasteiger partial charge in [0.15, 0.2) is 0 Å². The monoisotopic (exact) mass is 1100 g/mol. The molecule has 0 bridgehead atoms. The van der Waals surface area contributed by atoms with Crippen LogP contribution in [0.5, 0.6) is 0 Å². The predicted octanol–water partition coefficient (Wildman–Crippen LogP) is 20.9. The minimum atomic E-state index is -0.503. The molecule has 0 fully saturated rings. The molecule has 0 saturated carbocycles. The van der Waals surface area contributed by atoms with Crippen LogP contribution >= 0.6 is 15.9 Å². The Balaban J connectivity index is 0.000000159. The van der Waals surface area contributed by atoms with E-state index in [2.05, 4.69) is 338 Å². The molecule has 81 heavy (non-hydrogen) atoms. The highest BCUT2D eigenvalue weighted by Crippen LogP contribution is 2.61. The Kier molecular flexibility index (Phi) is 11.6. The number of halogens is 1. The summed E-state index contributed by atoms with van der Waals surface area (Å²) in [5, 5.41) is 5.04. The van der Waals surface area contributed by atoms with Crippen molar-refractivity contribution in [1.82, 2.24) is 0 Å². The molecule has 0 radical (unpaired) electrons. The van der Waals surface area contributed by atoms with Crippen LogP contribution in [0.4, 0.5) is 17.1 Å².